The fourth-order valence-electron chi connectivity index (χ4n) is 2.61. The van der Waals surface area contributed by atoms with Crippen LogP contribution in [0.3, 0.4) is 0 Å². The Labute approximate surface area is 119 Å². The maximum atomic E-state index is 12.6. The molecule has 0 spiro atoms. The molecule has 0 aromatic heterocycles. The second kappa shape index (κ2) is 4.91. The van der Waals surface area contributed by atoms with Crippen LogP contribution in [0.15, 0.2) is 48.5 Å². The fourth-order valence-corrected chi connectivity index (χ4v) is 2.61. The largest absolute Gasteiger partial charge is 0.416 e. The van der Waals surface area contributed by atoms with Crippen LogP contribution in [-0.4, -0.2) is 5.91 Å². The first-order valence-corrected chi connectivity index (χ1v) is 6.51. The Morgan fingerprint density at radius 3 is 2.33 bits per heavy atom. The number of carbonyl (C=O) groups is 1. The van der Waals surface area contributed by atoms with E-state index in [2.05, 4.69) is 5.32 Å². The standard InChI is InChI=1S/C16H12F3NO/c17-16(18,19)11-7-5-10(6-8-11)13-9-15(21)20-14-4-2-1-3-12(13)14/h1-8,13H,9H2,(H,20,21)/t13-/m0/s1. The van der Waals surface area contributed by atoms with Crippen LogP contribution < -0.4 is 5.32 Å². The number of fused-ring (bicyclic) bond motifs is 1. The third-order valence-electron chi connectivity index (χ3n) is 3.64. The van der Waals surface area contributed by atoms with Gasteiger partial charge >= 0.3 is 6.18 Å². The van der Waals surface area contributed by atoms with Gasteiger partial charge in [-0.15, -0.1) is 0 Å². The van der Waals surface area contributed by atoms with E-state index in [1.54, 1.807) is 6.07 Å². The van der Waals surface area contributed by atoms with Crippen LogP contribution in [-0.2, 0) is 11.0 Å². The van der Waals surface area contributed by atoms with E-state index in [0.717, 1.165) is 23.4 Å². The van der Waals surface area contributed by atoms with Gasteiger partial charge in [0.15, 0.2) is 0 Å². The molecular weight excluding hydrogens is 279 g/mol. The van der Waals surface area contributed by atoms with Gasteiger partial charge in [-0.3, -0.25) is 4.79 Å². The van der Waals surface area contributed by atoms with Crippen LogP contribution in [0.1, 0.15) is 29.0 Å². The molecule has 2 aromatic carbocycles. The number of amides is 1. The molecule has 1 N–H and O–H groups in total. The van der Waals surface area contributed by atoms with E-state index in [9.17, 15) is 18.0 Å². The molecule has 1 atom stereocenters. The fraction of sp³-hybridized carbons (Fsp3) is 0.188. The van der Waals surface area contributed by atoms with Crippen LogP contribution >= 0.6 is 0 Å². The Morgan fingerprint density at radius 1 is 1.00 bits per heavy atom. The number of hydrogen-bond acceptors (Lipinski definition) is 1. The molecule has 1 heterocycles. The molecule has 0 saturated heterocycles. The lowest BCUT2D eigenvalue weighted by Gasteiger charge is -2.26. The van der Waals surface area contributed by atoms with Gasteiger partial charge in [-0.05, 0) is 29.3 Å². The molecule has 108 valence electrons. The zero-order valence-electron chi connectivity index (χ0n) is 10.9. The molecule has 0 bridgehead atoms. The minimum Gasteiger partial charge on any atom is -0.326 e. The van der Waals surface area contributed by atoms with Gasteiger partial charge in [-0.2, -0.15) is 13.2 Å². The Balaban J connectivity index is 1.99. The van der Waals surface area contributed by atoms with Gasteiger partial charge in [-0.25, -0.2) is 0 Å². The summed E-state index contributed by atoms with van der Waals surface area (Å²) < 4.78 is 37.8. The summed E-state index contributed by atoms with van der Waals surface area (Å²) in [6.07, 6.45) is -4.11. The molecule has 0 fully saturated rings. The van der Waals surface area contributed by atoms with Crippen molar-refractivity contribution in [1.82, 2.24) is 0 Å². The lowest BCUT2D eigenvalue weighted by Crippen LogP contribution is -2.23. The normalized spacial score (nSPS) is 18.0. The highest BCUT2D eigenvalue weighted by Gasteiger charge is 2.31. The van der Waals surface area contributed by atoms with Crippen LogP contribution in [0.4, 0.5) is 18.9 Å². The lowest BCUT2D eigenvalue weighted by atomic mass is 9.84. The summed E-state index contributed by atoms with van der Waals surface area (Å²) in [7, 11) is 0. The summed E-state index contributed by atoms with van der Waals surface area (Å²) in [6.45, 7) is 0. The molecule has 0 aliphatic carbocycles. The molecule has 0 saturated carbocycles. The van der Waals surface area contributed by atoms with Crippen molar-refractivity contribution in [2.75, 3.05) is 5.32 Å². The lowest BCUT2D eigenvalue weighted by molar-refractivity contribution is -0.137. The Bertz CT molecular complexity index is 677. The van der Waals surface area contributed by atoms with Gasteiger partial charge in [0, 0.05) is 18.0 Å². The highest BCUT2D eigenvalue weighted by atomic mass is 19.4. The molecular formula is C16H12F3NO. The highest BCUT2D eigenvalue weighted by molar-refractivity contribution is 5.95. The predicted molar refractivity (Wildman–Crippen MR) is 73.0 cm³/mol. The zero-order valence-corrected chi connectivity index (χ0v) is 10.9. The summed E-state index contributed by atoms with van der Waals surface area (Å²) in [4.78, 5) is 11.7. The third-order valence-corrected chi connectivity index (χ3v) is 3.64. The van der Waals surface area contributed by atoms with Crippen molar-refractivity contribution in [2.45, 2.75) is 18.5 Å². The minimum absolute atomic E-state index is 0.126. The van der Waals surface area contributed by atoms with Crippen molar-refractivity contribution in [3.8, 4) is 0 Å². The topological polar surface area (TPSA) is 29.1 Å². The first-order chi connectivity index (χ1) is 9.95. The van der Waals surface area contributed by atoms with Crippen LogP contribution in [0.5, 0.6) is 0 Å². The Morgan fingerprint density at radius 2 is 1.67 bits per heavy atom. The Hall–Kier alpha value is -2.30. The maximum absolute atomic E-state index is 12.6. The molecule has 0 radical (unpaired) electrons. The molecule has 2 aromatic rings. The second-order valence-electron chi connectivity index (χ2n) is 5.01. The molecule has 5 heteroatoms. The van der Waals surface area contributed by atoms with E-state index in [4.69, 9.17) is 0 Å². The van der Waals surface area contributed by atoms with Crippen molar-refractivity contribution in [3.05, 3.63) is 65.2 Å². The zero-order chi connectivity index (χ0) is 15.0. The summed E-state index contributed by atoms with van der Waals surface area (Å²) in [6, 6.07) is 12.4. The molecule has 3 rings (SSSR count). The molecule has 2 nitrogen and oxygen atoms in total. The predicted octanol–water partition coefficient (Wildman–Crippen LogP) is 4.18. The molecule has 21 heavy (non-hydrogen) atoms. The van der Waals surface area contributed by atoms with E-state index < -0.39 is 11.7 Å². The third kappa shape index (κ3) is 2.63. The average molecular weight is 291 g/mol. The smallest absolute Gasteiger partial charge is 0.326 e. The molecule has 1 aliphatic rings. The van der Waals surface area contributed by atoms with Gasteiger partial charge < -0.3 is 5.32 Å². The van der Waals surface area contributed by atoms with E-state index in [1.807, 2.05) is 18.2 Å². The molecule has 1 amide bonds. The van der Waals surface area contributed by atoms with Crippen molar-refractivity contribution in [3.63, 3.8) is 0 Å². The average Bonchev–Trinajstić information content (AvgIpc) is 2.45. The first kappa shape index (κ1) is 13.7. The van der Waals surface area contributed by atoms with E-state index >= 15 is 0 Å². The highest BCUT2D eigenvalue weighted by Crippen LogP contribution is 2.38. The summed E-state index contributed by atoms with van der Waals surface area (Å²) in [5.41, 5.74) is 1.68. The van der Waals surface area contributed by atoms with Crippen LogP contribution in [0.2, 0.25) is 0 Å². The summed E-state index contributed by atoms with van der Waals surface area (Å²) in [5.74, 6) is -0.337. The Kier molecular flexibility index (Phi) is 3.20. The second-order valence-corrected chi connectivity index (χ2v) is 5.01. The monoisotopic (exact) mass is 291 g/mol. The minimum atomic E-state index is -4.35. The van der Waals surface area contributed by atoms with Crippen molar-refractivity contribution in [2.24, 2.45) is 0 Å². The number of alkyl halides is 3. The van der Waals surface area contributed by atoms with E-state index in [0.29, 0.717) is 5.56 Å². The van der Waals surface area contributed by atoms with Crippen LogP contribution in [0.25, 0.3) is 0 Å². The number of halogens is 3. The van der Waals surface area contributed by atoms with Crippen molar-refractivity contribution < 1.29 is 18.0 Å². The number of rotatable bonds is 1. The first-order valence-electron chi connectivity index (χ1n) is 6.51. The quantitative estimate of drug-likeness (QED) is 0.839. The van der Waals surface area contributed by atoms with Gasteiger partial charge in [0.25, 0.3) is 0 Å². The van der Waals surface area contributed by atoms with Crippen LogP contribution in [0, 0.1) is 0 Å². The number of benzene rings is 2. The van der Waals surface area contributed by atoms with Crippen molar-refractivity contribution >= 4 is 11.6 Å². The number of hydrogen-bond donors (Lipinski definition) is 1. The van der Waals surface area contributed by atoms with Gasteiger partial charge in [0.05, 0.1) is 5.56 Å². The number of para-hydroxylation sites is 1. The van der Waals surface area contributed by atoms with E-state index in [-0.39, 0.29) is 18.2 Å². The number of nitrogens with one attached hydrogen (secondary N) is 1. The van der Waals surface area contributed by atoms with Gasteiger partial charge in [0.2, 0.25) is 5.91 Å². The van der Waals surface area contributed by atoms with E-state index in [1.165, 1.54) is 12.1 Å². The molecule has 1 aliphatic heterocycles. The summed E-state index contributed by atoms with van der Waals surface area (Å²) >= 11 is 0. The van der Waals surface area contributed by atoms with Gasteiger partial charge in [-0.1, -0.05) is 30.3 Å². The molecule has 0 unspecified atom stereocenters. The van der Waals surface area contributed by atoms with Crippen molar-refractivity contribution in [1.29, 1.82) is 0 Å². The SMILES string of the molecule is O=C1C[C@@H](c2ccc(C(F)(F)F)cc2)c2ccccc2N1. The number of carbonyl (C=O) groups excluding carboxylic acids is 1. The maximum Gasteiger partial charge on any atom is 0.416 e. The number of anilines is 1. The summed E-state index contributed by atoms with van der Waals surface area (Å²) in [5, 5.41) is 2.78. The van der Waals surface area contributed by atoms with Gasteiger partial charge in [0.1, 0.15) is 0 Å².